The molecule has 0 saturated carbocycles. The van der Waals surface area contributed by atoms with E-state index >= 15 is 0 Å². The van der Waals surface area contributed by atoms with Crippen LogP contribution in [-0.2, 0) is 13.0 Å². The van der Waals surface area contributed by atoms with Gasteiger partial charge in [0.15, 0.2) is 5.78 Å². The molecule has 0 saturated heterocycles. The Bertz CT molecular complexity index is 848. The maximum Gasteiger partial charge on any atom is 0.169 e. The average Bonchev–Trinajstić information content (AvgIpc) is 2.86. The SMILES string of the molecule is Cc1cc(C(=O)Cc2ccccc2)c(C)n1Cc1ccc(F)cc1. The molecule has 0 amide bonds. The summed E-state index contributed by atoms with van der Waals surface area (Å²) in [6.07, 6.45) is 0.404. The first kappa shape index (κ1) is 16.2. The minimum Gasteiger partial charge on any atom is -0.344 e. The third kappa shape index (κ3) is 3.46. The van der Waals surface area contributed by atoms with Gasteiger partial charge in [-0.3, -0.25) is 4.79 Å². The predicted molar refractivity (Wildman–Crippen MR) is 93.9 cm³/mol. The van der Waals surface area contributed by atoms with Gasteiger partial charge in [-0.2, -0.15) is 0 Å². The molecule has 3 aromatic rings. The molecule has 2 aromatic carbocycles. The zero-order chi connectivity index (χ0) is 17.1. The van der Waals surface area contributed by atoms with E-state index in [1.165, 1.54) is 12.1 Å². The summed E-state index contributed by atoms with van der Waals surface area (Å²) in [5.41, 5.74) is 4.79. The molecule has 0 N–H and O–H groups in total. The van der Waals surface area contributed by atoms with Gasteiger partial charge >= 0.3 is 0 Å². The highest BCUT2D eigenvalue weighted by atomic mass is 19.1. The van der Waals surface area contributed by atoms with Crippen LogP contribution in [0.4, 0.5) is 4.39 Å². The lowest BCUT2D eigenvalue weighted by atomic mass is 10.0. The number of carbonyl (C=O) groups excluding carboxylic acids is 1. The molecule has 3 rings (SSSR count). The van der Waals surface area contributed by atoms with Crippen molar-refractivity contribution >= 4 is 5.78 Å². The summed E-state index contributed by atoms with van der Waals surface area (Å²) in [7, 11) is 0. The van der Waals surface area contributed by atoms with Crippen LogP contribution in [0.15, 0.2) is 60.7 Å². The van der Waals surface area contributed by atoms with Crippen molar-refractivity contribution in [1.29, 1.82) is 0 Å². The van der Waals surface area contributed by atoms with Crippen molar-refractivity contribution in [3.05, 3.63) is 94.6 Å². The topological polar surface area (TPSA) is 22.0 Å². The number of carbonyl (C=O) groups is 1. The maximum atomic E-state index is 13.0. The Hall–Kier alpha value is -2.68. The number of hydrogen-bond donors (Lipinski definition) is 0. The van der Waals surface area contributed by atoms with Crippen LogP contribution in [0.1, 0.15) is 32.9 Å². The van der Waals surface area contributed by atoms with Crippen LogP contribution >= 0.6 is 0 Å². The fourth-order valence-electron chi connectivity index (χ4n) is 2.98. The highest BCUT2D eigenvalue weighted by Crippen LogP contribution is 2.19. The average molecular weight is 321 g/mol. The van der Waals surface area contributed by atoms with Gasteiger partial charge in [0, 0.05) is 29.9 Å². The van der Waals surface area contributed by atoms with Gasteiger partial charge in [0.25, 0.3) is 0 Å². The summed E-state index contributed by atoms with van der Waals surface area (Å²) in [4.78, 5) is 12.6. The molecule has 0 aliphatic heterocycles. The van der Waals surface area contributed by atoms with Crippen molar-refractivity contribution < 1.29 is 9.18 Å². The van der Waals surface area contributed by atoms with Crippen molar-refractivity contribution in [3.8, 4) is 0 Å². The second kappa shape index (κ2) is 6.83. The molecule has 0 spiro atoms. The molecule has 3 heteroatoms. The van der Waals surface area contributed by atoms with Crippen LogP contribution in [0.25, 0.3) is 0 Å². The number of ketones is 1. The van der Waals surface area contributed by atoms with E-state index in [0.717, 1.165) is 28.1 Å². The lowest BCUT2D eigenvalue weighted by Gasteiger charge is -2.10. The number of nitrogens with zero attached hydrogens (tertiary/aromatic N) is 1. The van der Waals surface area contributed by atoms with Gasteiger partial charge in [-0.25, -0.2) is 4.39 Å². The summed E-state index contributed by atoms with van der Waals surface area (Å²) in [6, 6.07) is 18.2. The third-order valence-electron chi connectivity index (χ3n) is 4.34. The highest BCUT2D eigenvalue weighted by molar-refractivity contribution is 5.98. The number of aromatic nitrogens is 1. The molecule has 0 bridgehead atoms. The van der Waals surface area contributed by atoms with E-state index in [0.29, 0.717) is 13.0 Å². The molecule has 1 aromatic heterocycles. The summed E-state index contributed by atoms with van der Waals surface area (Å²) < 4.78 is 15.2. The lowest BCUT2D eigenvalue weighted by Crippen LogP contribution is -2.08. The van der Waals surface area contributed by atoms with Crippen molar-refractivity contribution in [3.63, 3.8) is 0 Å². The Morgan fingerprint density at radius 3 is 2.29 bits per heavy atom. The van der Waals surface area contributed by atoms with Crippen molar-refractivity contribution in [1.82, 2.24) is 4.57 Å². The quantitative estimate of drug-likeness (QED) is 0.623. The molecular weight excluding hydrogens is 301 g/mol. The van der Waals surface area contributed by atoms with Gasteiger partial charge < -0.3 is 4.57 Å². The first-order valence-corrected chi connectivity index (χ1v) is 8.03. The second-order valence-electron chi connectivity index (χ2n) is 6.08. The normalized spacial score (nSPS) is 10.8. The summed E-state index contributed by atoms with van der Waals surface area (Å²) in [5, 5.41) is 0. The van der Waals surface area contributed by atoms with Crippen molar-refractivity contribution in [2.75, 3.05) is 0 Å². The van der Waals surface area contributed by atoms with Crippen molar-refractivity contribution in [2.24, 2.45) is 0 Å². The monoisotopic (exact) mass is 321 g/mol. The summed E-state index contributed by atoms with van der Waals surface area (Å²) in [5.74, 6) is -0.113. The summed E-state index contributed by atoms with van der Waals surface area (Å²) in [6.45, 7) is 4.60. The van der Waals surface area contributed by atoms with E-state index in [4.69, 9.17) is 0 Å². The first-order chi connectivity index (χ1) is 11.5. The molecule has 122 valence electrons. The van der Waals surface area contributed by atoms with E-state index in [1.54, 1.807) is 12.1 Å². The van der Waals surface area contributed by atoms with Gasteiger partial charge in [0.05, 0.1) is 0 Å². The van der Waals surface area contributed by atoms with Crippen LogP contribution in [-0.4, -0.2) is 10.4 Å². The van der Waals surface area contributed by atoms with E-state index in [-0.39, 0.29) is 11.6 Å². The zero-order valence-corrected chi connectivity index (χ0v) is 13.9. The Labute approximate surface area is 141 Å². The van der Waals surface area contributed by atoms with E-state index in [9.17, 15) is 9.18 Å². The highest BCUT2D eigenvalue weighted by Gasteiger charge is 2.16. The number of hydrogen-bond acceptors (Lipinski definition) is 1. The van der Waals surface area contributed by atoms with Crippen LogP contribution in [0.3, 0.4) is 0 Å². The smallest absolute Gasteiger partial charge is 0.169 e. The Kier molecular flexibility index (Phi) is 4.61. The molecule has 0 radical (unpaired) electrons. The molecule has 0 aliphatic carbocycles. The van der Waals surface area contributed by atoms with Crippen LogP contribution < -0.4 is 0 Å². The van der Waals surface area contributed by atoms with E-state index in [1.807, 2.05) is 50.2 Å². The van der Waals surface area contributed by atoms with Gasteiger partial charge in [0.1, 0.15) is 5.82 Å². The Balaban J connectivity index is 1.83. The summed E-state index contributed by atoms with van der Waals surface area (Å²) >= 11 is 0. The molecule has 0 atom stereocenters. The van der Waals surface area contributed by atoms with Crippen LogP contribution in [0.5, 0.6) is 0 Å². The molecule has 24 heavy (non-hydrogen) atoms. The lowest BCUT2D eigenvalue weighted by molar-refractivity contribution is 0.0992. The van der Waals surface area contributed by atoms with Gasteiger partial charge in [-0.15, -0.1) is 0 Å². The molecule has 2 nitrogen and oxygen atoms in total. The molecule has 1 heterocycles. The van der Waals surface area contributed by atoms with Crippen molar-refractivity contribution in [2.45, 2.75) is 26.8 Å². The fourth-order valence-corrected chi connectivity index (χ4v) is 2.98. The van der Waals surface area contributed by atoms with Crippen LogP contribution in [0.2, 0.25) is 0 Å². The largest absolute Gasteiger partial charge is 0.344 e. The fraction of sp³-hybridized carbons (Fsp3) is 0.190. The number of halogens is 1. The second-order valence-corrected chi connectivity index (χ2v) is 6.08. The maximum absolute atomic E-state index is 13.0. The van der Waals surface area contributed by atoms with Gasteiger partial charge in [-0.05, 0) is 43.2 Å². The molecule has 0 aliphatic rings. The Morgan fingerprint density at radius 2 is 1.62 bits per heavy atom. The van der Waals surface area contributed by atoms with E-state index < -0.39 is 0 Å². The Morgan fingerprint density at radius 1 is 0.958 bits per heavy atom. The zero-order valence-electron chi connectivity index (χ0n) is 13.9. The van der Waals surface area contributed by atoms with Gasteiger partial charge in [0.2, 0.25) is 0 Å². The van der Waals surface area contributed by atoms with Crippen LogP contribution in [0, 0.1) is 19.7 Å². The number of benzene rings is 2. The number of Topliss-reactive ketones (excluding diaryl/α,β-unsaturated/α-hetero) is 1. The van der Waals surface area contributed by atoms with E-state index in [2.05, 4.69) is 4.57 Å². The minimum absolute atomic E-state index is 0.125. The molecule has 0 fully saturated rings. The minimum atomic E-state index is -0.238. The first-order valence-electron chi connectivity index (χ1n) is 8.03. The predicted octanol–water partition coefficient (Wildman–Crippen LogP) is 4.72. The third-order valence-corrected chi connectivity index (χ3v) is 4.34. The number of aryl methyl sites for hydroxylation is 1. The number of rotatable bonds is 5. The molecule has 0 unspecified atom stereocenters. The molecular formula is C21H20FNO. The van der Waals surface area contributed by atoms with Gasteiger partial charge in [-0.1, -0.05) is 42.5 Å². The standard InChI is InChI=1S/C21H20FNO/c1-15-12-20(21(24)13-17-6-4-3-5-7-17)16(2)23(15)14-18-8-10-19(22)11-9-18/h3-12H,13-14H2,1-2H3.